The van der Waals surface area contributed by atoms with Crippen LogP contribution in [0.1, 0.15) is 41.7 Å². The summed E-state index contributed by atoms with van der Waals surface area (Å²) < 4.78 is 7.65. The highest BCUT2D eigenvalue weighted by Crippen LogP contribution is 2.20. The van der Waals surface area contributed by atoms with Crippen molar-refractivity contribution in [1.82, 2.24) is 9.78 Å². The van der Waals surface area contributed by atoms with Gasteiger partial charge in [0, 0.05) is 11.6 Å². The average molecular weight is 349 g/mol. The van der Waals surface area contributed by atoms with Crippen LogP contribution >= 0.6 is 0 Å². The van der Waals surface area contributed by atoms with Gasteiger partial charge in [-0.1, -0.05) is 48.9 Å². The van der Waals surface area contributed by atoms with E-state index >= 15 is 0 Å². The van der Waals surface area contributed by atoms with E-state index < -0.39 is 0 Å². The number of nitrogens with zero attached hydrogens (tertiary/aromatic N) is 3. The first kappa shape index (κ1) is 17.9. The Labute approximate surface area is 153 Å². The molecule has 1 aromatic carbocycles. The van der Waals surface area contributed by atoms with Crippen LogP contribution in [-0.4, -0.2) is 22.3 Å². The van der Waals surface area contributed by atoms with E-state index in [1.807, 2.05) is 32.0 Å². The van der Waals surface area contributed by atoms with Crippen LogP contribution in [0.4, 0.5) is 0 Å². The normalized spacial score (nSPS) is 14.6. The van der Waals surface area contributed by atoms with Gasteiger partial charge in [0.05, 0.1) is 24.2 Å². The van der Waals surface area contributed by atoms with Crippen LogP contribution in [0.15, 0.2) is 65.8 Å². The molecule has 1 aliphatic carbocycles. The van der Waals surface area contributed by atoms with Crippen molar-refractivity contribution in [3.05, 3.63) is 77.3 Å². The summed E-state index contributed by atoms with van der Waals surface area (Å²) in [5.74, 6) is 0.318. The second kappa shape index (κ2) is 8.43. The second-order valence-electron chi connectivity index (χ2n) is 6.21. The molecule has 3 rings (SSSR count). The molecular weight excluding hydrogens is 326 g/mol. The number of ether oxygens (including phenoxy) is 1. The molecule has 1 heterocycles. The van der Waals surface area contributed by atoms with Crippen LogP contribution in [0.25, 0.3) is 0 Å². The maximum atomic E-state index is 12.4. The number of rotatable bonds is 5. The van der Waals surface area contributed by atoms with Gasteiger partial charge >= 0.3 is 0 Å². The SMILES string of the molecule is CCCOc1cc(=NC(=O)c2cccc(C)c2)cnn1C1C=CCC=C1. The highest BCUT2D eigenvalue weighted by Gasteiger charge is 2.12. The molecule has 1 aromatic heterocycles. The molecule has 2 aromatic rings. The quantitative estimate of drug-likeness (QED) is 0.772. The van der Waals surface area contributed by atoms with E-state index in [4.69, 9.17) is 4.74 Å². The fraction of sp³-hybridized carbons (Fsp3) is 0.286. The van der Waals surface area contributed by atoms with Gasteiger partial charge in [-0.2, -0.15) is 5.10 Å². The fourth-order valence-electron chi connectivity index (χ4n) is 2.71. The molecule has 0 saturated heterocycles. The van der Waals surface area contributed by atoms with Crippen LogP contribution < -0.4 is 10.1 Å². The number of aromatic nitrogens is 2. The molecule has 0 saturated carbocycles. The Balaban J connectivity index is 1.95. The van der Waals surface area contributed by atoms with E-state index in [0.717, 1.165) is 18.4 Å². The zero-order valence-electron chi connectivity index (χ0n) is 15.1. The Hall–Kier alpha value is -2.95. The Morgan fingerprint density at radius 3 is 2.85 bits per heavy atom. The standard InChI is InChI=1S/C21H23N3O2/c1-3-12-26-20-14-18(15-22-24(20)19-10-5-4-6-11-19)23-21(25)17-9-7-8-16(2)13-17/h5-11,13-15,19H,3-4,12H2,1-2H3. The molecule has 0 bridgehead atoms. The van der Waals surface area contributed by atoms with Crippen molar-refractivity contribution in [1.29, 1.82) is 0 Å². The van der Waals surface area contributed by atoms with E-state index in [2.05, 4.69) is 34.4 Å². The molecule has 0 fully saturated rings. The third-order valence-corrected chi connectivity index (χ3v) is 3.98. The van der Waals surface area contributed by atoms with E-state index in [-0.39, 0.29) is 11.9 Å². The molecule has 0 N–H and O–H groups in total. The molecule has 1 aliphatic rings. The van der Waals surface area contributed by atoms with Crippen LogP contribution in [0.2, 0.25) is 0 Å². The highest BCUT2D eigenvalue weighted by molar-refractivity contribution is 5.95. The molecule has 0 unspecified atom stereocenters. The van der Waals surface area contributed by atoms with Gasteiger partial charge in [-0.25, -0.2) is 9.67 Å². The van der Waals surface area contributed by atoms with Gasteiger partial charge in [0.15, 0.2) is 0 Å². The van der Waals surface area contributed by atoms with Gasteiger partial charge in [-0.05, 0) is 31.9 Å². The minimum atomic E-state index is -0.285. The Morgan fingerprint density at radius 2 is 2.12 bits per heavy atom. The summed E-state index contributed by atoms with van der Waals surface area (Å²) in [7, 11) is 0. The Morgan fingerprint density at radius 1 is 1.31 bits per heavy atom. The summed E-state index contributed by atoms with van der Waals surface area (Å²) in [5, 5.41) is 4.95. The van der Waals surface area contributed by atoms with E-state index in [9.17, 15) is 4.79 Å². The van der Waals surface area contributed by atoms with Crippen LogP contribution in [0, 0.1) is 6.92 Å². The first-order valence-corrected chi connectivity index (χ1v) is 8.88. The van der Waals surface area contributed by atoms with E-state index in [0.29, 0.717) is 23.4 Å². The minimum Gasteiger partial charge on any atom is -0.478 e. The van der Waals surface area contributed by atoms with Gasteiger partial charge in [-0.3, -0.25) is 4.79 Å². The Kier molecular flexibility index (Phi) is 5.79. The maximum absolute atomic E-state index is 12.4. The molecule has 0 spiro atoms. The predicted molar refractivity (Wildman–Crippen MR) is 101 cm³/mol. The van der Waals surface area contributed by atoms with Crippen molar-refractivity contribution < 1.29 is 9.53 Å². The zero-order chi connectivity index (χ0) is 18.4. The lowest BCUT2D eigenvalue weighted by Crippen LogP contribution is -2.19. The summed E-state index contributed by atoms with van der Waals surface area (Å²) in [6, 6.07) is 9.18. The smallest absolute Gasteiger partial charge is 0.277 e. The average Bonchev–Trinajstić information content (AvgIpc) is 2.67. The predicted octanol–water partition coefficient (Wildman–Crippen LogP) is 3.78. The molecule has 5 nitrogen and oxygen atoms in total. The Bertz CT molecular complexity index is 897. The molecular formula is C21H23N3O2. The number of benzene rings is 1. The summed E-state index contributed by atoms with van der Waals surface area (Å²) in [5.41, 5.74) is 1.59. The van der Waals surface area contributed by atoms with Crippen LogP contribution in [-0.2, 0) is 0 Å². The minimum absolute atomic E-state index is 0.0112. The second-order valence-corrected chi connectivity index (χ2v) is 6.21. The van der Waals surface area contributed by atoms with Gasteiger partial charge in [0.25, 0.3) is 5.91 Å². The van der Waals surface area contributed by atoms with Crippen molar-refractivity contribution in [3.63, 3.8) is 0 Å². The molecule has 26 heavy (non-hydrogen) atoms. The number of amides is 1. The number of hydrogen-bond acceptors (Lipinski definition) is 3. The summed E-state index contributed by atoms with van der Waals surface area (Å²) in [4.78, 5) is 16.6. The molecule has 5 heteroatoms. The summed E-state index contributed by atoms with van der Waals surface area (Å²) in [6.07, 6.45) is 11.8. The first-order valence-electron chi connectivity index (χ1n) is 8.88. The van der Waals surface area contributed by atoms with Gasteiger partial charge < -0.3 is 4.74 Å². The molecule has 134 valence electrons. The van der Waals surface area contributed by atoms with Crippen LogP contribution in [0.5, 0.6) is 5.88 Å². The van der Waals surface area contributed by atoms with Gasteiger partial charge in [0.1, 0.15) is 0 Å². The summed E-state index contributed by atoms with van der Waals surface area (Å²) >= 11 is 0. The number of carbonyl (C=O) groups is 1. The summed E-state index contributed by atoms with van der Waals surface area (Å²) in [6.45, 7) is 4.58. The topological polar surface area (TPSA) is 56.5 Å². The van der Waals surface area contributed by atoms with Crippen LogP contribution in [0.3, 0.4) is 0 Å². The zero-order valence-corrected chi connectivity index (χ0v) is 15.1. The monoisotopic (exact) mass is 349 g/mol. The number of aryl methyl sites for hydroxylation is 1. The highest BCUT2D eigenvalue weighted by atomic mass is 16.5. The van der Waals surface area contributed by atoms with Crippen molar-refractivity contribution in [2.24, 2.45) is 4.99 Å². The molecule has 0 atom stereocenters. The largest absolute Gasteiger partial charge is 0.478 e. The van der Waals surface area contributed by atoms with Crippen molar-refractivity contribution in [2.75, 3.05) is 6.61 Å². The first-order chi connectivity index (χ1) is 12.7. The van der Waals surface area contributed by atoms with Crippen molar-refractivity contribution >= 4 is 5.91 Å². The third-order valence-electron chi connectivity index (χ3n) is 3.98. The fourth-order valence-corrected chi connectivity index (χ4v) is 2.71. The lowest BCUT2D eigenvalue weighted by Gasteiger charge is -2.18. The number of allylic oxidation sites excluding steroid dienone is 4. The molecule has 1 amide bonds. The molecule has 0 radical (unpaired) electrons. The maximum Gasteiger partial charge on any atom is 0.277 e. The number of hydrogen-bond donors (Lipinski definition) is 0. The lowest BCUT2D eigenvalue weighted by molar-refractivity contribution is 0.0998. The van der Waals surface area contributed by atoms with Crippen molar-refractivity contribution in [2.45, 2.75) is 32.7 Å². The van der Waals surface area contributed by atoms with Gasteiger partial charge in [0.2, 0.25) is 5.88 Å². The lowest BCUT2D eigenvalue weighted by atomic mass is 10.1. The van der Waals surface area contributed by atoms with Gasteiger partial charge in [-0.15, -0.1) is 0 Å². The molecule has 0 aliphatic heterocycles. The third kappa shape index (κ3) is 4.36. The van der Waals surface area contributed by atoms with E-state index in [1.165, 1.54) is 0 Å². The number of carbonyl (C=O) groups excluding carboxylic acids is 1. The van der Waals surface area contributed by atoms with E-state index in [1.54, 1.807) is 23.0 Å². The van der Waals surface area contributed by atoms with Crippen molar-refractivity contribution in [3.8, 4) is 5.88 Å².